The van der Waals surface area contributed by atoms with E-state index in [0.717, 1.165) is 11.8 Å². The normalized spacial score (nSPS) is 12.8. The highest BCUT2D eigenvalue weighted by Crippen LogP contribution is 2.28. The van der Waals surface area contributed by atoms with E-state index in [2.05, 4.69) is 4.74 Å². The van der Waals surface area contributed by atoms with Crippen molar-refractivity contribution in [1.29, 1.82) is 0 Å². The second-order valence-electron chi connectivity index (χ2n) is 5.47. The smallest absolute Gasteiger partial charge is 0.491 e. The standard InChI is InChI=1S/C18H17F3O3/c1-12(2)23-15-7-3-13(4-8-15)17(11-22)14-5-9-16(10-6-14)24-18(19,20)21/h3-12,17H,1-2H3. The Bertz CT molecular complexity index is 661. The van der Waals surface area contributed by atoms with Crippen LogP contribution in [0.3, 0.4) is 0 Å². The van der Waals surface area contributed by atoms with Gasteiger partial charge in [-0.2, -0.15) is 0 Å². The molecule has 0 bridgehead atoms. The Morgan fingerprint density at radius 2 is 1.33 bits per heavy atom. The molecular weight excluding hydrogens is 321 g/mol. The summed E-state index contributed by atoms with van der Waals surface area (Å²) >= 11 is 0. The second kappa shape index (κ2) is 7.38. The molecule has 0 saturated carbocycles. The first-order valence-electron chi connectivity index (χ1n) is 7.36. The Kier molecular flexibility index (Phi) is 5.49. The summed E-state index contributed by atoms with van der Waals surface area (Å²) in [5.74, 6) is -0.207. The van der Waals surface area contributed by atoms with Gasteiger partial charge < -0.3 is 14.3 Å². The maximum atomic E-state index is 12.2. The summed E-state index contributed by atoms with van der Waals surface area (Å²) in [6.07, 6.45) is -3.95. The molecule has 2 rings (SSSR count). The number of carbonyl (C=O) groups excluding carboxylic acids is 1. The second-order valence-corrected chi connectivity index (χ2v) is 5.47. The number of alkyl halides is 3. The van der Waals surface area contributed by atoms with Crippen LogP contribution in [0.5, 0.6) is 11.5 Å². The zero-order valence-electron chi connectivity index (χ0n) is 13.2. The molecule has 0 spiro atoms. The number of carbonyl (C=O) groups is 1. The molecule has 1 atom stereocenters. The molecule has 2 aromatic carbocycles. The first-order chi connectivity index (χ1) is 11.3. The summed E-state index contributed by atoms with van der Waals surface area (Å²) in [6, 6.07) is 12.3. The average molecular weight is 338 g/mol. The Hall–Kier alpha value is -2.50. The molecular formula is C18H17F3O3. The van der Waals surface area contributed by atoms with E-state index in [4.69, 9.17) is 4.74 Å². The van der Waals surface area contributed by atoms with Crippen LogP contribution in [-0.2, 0) is 4.79 Å². The molecule has 1 unspecified atom stereocenters. The van der Waals surface area contributed by atoms with Crippen LogP contribution in [-0.4, -0.2) is 18.8 Å². The molecule has 24 heavy (non-hydrogen) atoms. The summed E-state index contributed by atoms with van der Waals surface area (Å²) in [4.78, 5) is 11.4. The minimum atomic E-state index is -4.74. The van der Waals surface area contributed by atoms with E-state index in [1.165, 1.54) is 24.3 Å². The van der Waals surface area contributed by atoms with Gasteiger partial charge in [0, 0.05) is 0 Å². The van der Waals surface area contributed by atoms with Gasteiger partial charge in [0.1, 0.15) is 17.8 Å². The molecule has 0 aliphatic heterocycles. The van der Waals surface area contributed by atoms with Crippen LogP contribution >= 0.6 is 0 Å². The first-order valence-corrected chi connectivity index (χ1v) is 7.36. The van der Waals surface area contributed by atoms with Gasteiger partial charge in [-0.3, -0.25) is 0 Å². The fourth-order valence-electron chi connectivity index (χ4n) is 2.25. The Labute approximate surface area is 138 Å². The van der Waals surface area contributed by atoms with Gasteiger partial charge in [-0.25, -0.2) is 0 Å². The molecule has 0 saturated heterocycles. The van der Waals surface area contributed by atoms with Crippen molar-refractivity contribution in [2.75, 3.05) is 0 Å². The Balaban J connectivity index is 2.17. The lowest BCUT2D eigenvalue weighted by molar-refractivity contribution is -0.274. The Morgan fingerprint density at radius 1 is 0.875 bits per heavy atom. The summed E-state index contributed by atoms with van der Waals surface area (Å²) in [5.41, 5.74) is 1.31. The fraction of sp³-hybridized carbons (Fsp3) is 0.278. The number of rotatable bonds is 6. The zero-order chi connectivity index (χ0) is 17.7. The van der Waals surface area contributed by atoms with Crippen molar-refractivity contribution in [2.24, 2.45) is 0 Å². The number of halogens is 3. The highest BCUT2D eigenvalue weighted by Gasteiger charge is 2.31. The summed E-state index contributed by atoms with van der Waals surface area (Å²) < 4.78 is 45.9. The highest BCUT2D eigenvalue weighted by atomic mass is 19.4. The number of ether oxygens (including phenoxy) is 2. The first kappa shape index (κ1) is 17.8. The van der Waals surface area contributed by atoms with Gasteiger partial charge >= 0.3 is 6.36 Å². The predicted molar refractivity (Wildman–Crippen MR) is 83.2 cm³/mol. The van der Waals surface area contributed by atoms with Crippen LogP contribution < -0.4 is 9.47 Å². The number of benzene rings is 2. The molecule has 0 radical (unpaired) electrons. The van der Waals surface area contributed by atoms with Gasteiger partial charge in [-0.1, -0.05) is 24.3 Å². The van der Waals surface area contributed by atoms with Crippen molar-refractivity contribution in [2.45, 2.75) is 32.2 Å². The minimum absolute atomic E-state index is 0.0406. The third kappa shape index (κ3) is 5.01. The number of hydrogen-bond acceptors (Lipinski definition) is 3. The predicted octanol–water partition coefficient (Wildman–Crippen LogP) is 4.70. The van der Waals surface area contributed by atoms with E-state index < -0.39 is 12.3 Å². The van der Waals surface area contributed by atoms with Crippen LogP contribution in [0.2, 0.25) is 0 Å². The van der Waals surface area contributed by atoms with E-state index in [1.54, 1.807) is 24.3 Å². The number of hydrogen-bond donors (Lipinski definition) is 0. The fourth-order valence-corrected chi connectivity index (χ4v) is 2.25. The van der Waals surface area contributed by atoms with Crippen LogP contribution in [0.4, 0.5) is 13.2 Å². The molecule has 6 heteroatoms. The van der Waals surface area contributed by atoms with E-state index >= 15 is 0 Å². The van der Waals surface area contributed by atoms with Crippen LogP contribution in [0.15, 0.2) is 48.5 Å². The number of aldehydes is 1. The molecule has 128 valence electrons. The quantitative estimate of drug-likeness (QED) is 0.716. The SMILES string of the molecule is CC(C)Oc1ccc(C(C=O)c2ccc(OC(F)(F)F)cc2)cc1. The minimum Gasteiger partial charge on any atom is -0.491 e. The van der Waals surface area contributed by atoms with Crippen molar-refractivity contribution >= 4 is 6.29 Å². The van der Waals surface area contributed by atoms with Gasteiger partial charge in [0.15, 0.2) is 0 Å². The van der Waals surface area contributed by atoms with Gasteiger partial charge in [0.05, 0.1) is 12.0 Å². The van der Waals surface area contributed by atoms with E-state index in [1.807, 2.05) is 13.8 Å². The lowest BCUT2D eigenvalue weighted by Crippen LogP contribution is -2.17. The molecule has 0 aliphatic rings. The van der Waals surface area contributed by atoms with Gasteiger partial charge in [0.2, 0.25) is 0 Å². The molecule has 3 nitrogen and oxygen atoms in total. The molecule has 0 aromatic heterocycles. The molecule has 0 amide bonds. The molecule has 0 heterocycles. The monoisotopic (exact) mass is 338 g/mol. The van der Waals surface area contributed by atoms with Crippen molar-refractivity contribution < 1.29 is 27.4 Å². The highest BCUT2D eigenvalue weighted by molar-refractivity contribution is 5.68. The maximum Gasteiger partial charge on any atom is 0.573 e. The lowest BCUT2D eigenvalue weighted by Gasteiger charge is -2.14. The van der Waals surface area contributed by atoms with Crippen molar-refractivity contribution in [3.63, 3.8) is 0 Å². The molecule has 0 aliphatic carbocycles. The Morgan fingerprint density at radius 3 is 1.71 bits per heavy atom. The molecule has 0 fully saturated rings. The van der Waals surface area contributed by atoms with E-state index in [9.17, 15) is 18.0 Å². The third-order valence-corrected chi connectivity index (χ3v) is 3.22. The third-order valence-electron chi connectivity index (χ3n) is 3.22. The largest absolute Gasteiger partial charge is 0.573 e. The molecule has 0 N–H and O–H groups in total. The lowest BCUT2D eigenvalue weighted by atomic mass is 9.92. The zero-order valence-corrected chi connectivity index (χ0v) is 13.2. The van der Waals surface area contributed by atoms with Crippen molar-refractivity contribution in [1.82, 2.24) is 0 Å². The van der Waals surface area contributed by atoms with Gasteiger partial charge in [-0.05, 0) is 49.2 Å². The summed E-state index contributed by atoms with van der Waals surface area (Å²) in [6.45, 7) is 3.82. The summed E-state index contributed by atoms with van der Waals surface area (Å²) in [5, 5.41) is 0. The van der Waals surface area contributed by atoms with Gasteiger partial charge in [0.25, 0.3) is 0 Å². The van der Waals surface area contributed by atoms with Crippen molar-refractivity contribution in [3.05, 3.63) is 59.7 Å². The average Bonchev–Trinajstić information content (AvgIpc) is 2.49. The van der Waals surface area contributed by atoms with E-state index in [0.29, 0.717) is 11.3 Å². The maximum absolute atomic E-state index is 12.2. The van der Waals surface area contributed by atoms with Crippen molar-refractivity contribution in [3.8, 4) is 11.5 Å². The van der Waals surface area contributed by atoms with E-state index in [-0.39, 0.29) is 11.9 Å². The van der Waals surface area contributed by atoms with Crippen LogP contribution in [0.25, 0.3) is 0 Å². The van der Waals surface area contributed by atoms with Crippen LogP contribution in [0.1, 0.15) is 30.9 Å². The van der Waals surface area contributed by atoms with Crippen LogP contribution in [0, 0.1) is 0 Å². The molecule has 2 aromatic rings. The summed E-state index contributed by atoms with van der Waals surface area (Å²) in [7, 11) is 0. The van der Waals surface area contributed by atoms with Gasteiger partial charge in [-0.15, -0.1) is 13.2 Å². The topological polar surface area (TPSA) is 35.5 Å².